The van der Waals surface area contributed by atoms with Gasteiger partial charge in [-0.05, 0) is 6.92 Å². The van der Waals surface area contributed by atoms with Gasteiger partial charge < -0.3 is 4.74 Å². The molecule has 0 atom stereocenters. The summed E-state index contributed by atoms with van der Waals surface area (Å²) in [6.45, 7) is 4.95. The molecule has 0 aromatic carbocycles. The van der Waals surface area contributed by atoms with Crippen LogP contribution in [0, 0.1) is 0 Å². The van der Waals surface area contributed by atoms with E-state index in [1.807, 2.05) is 22.3 Å². The Morgan fingerprint density at radius 2 is 1.86 bits per heavy atom. The fourth-order valence-corrected chi connectivity index (χ4v) is 2.30. The normalized spacial score (nSPS) is 16.5. The summed E-state index contributed by atoms with van der Waals surface area (Å²) >= 11 is 2.03. The number of ether oxygens (including phenoxy) is 1. The Kier molecular flexibility index (Phi) is 8.32. The van der Waals surface area contributed by atoms with Crippen molar-refractivity contribution in [3.05, 3.63) is 12.2 Å². The van der Waals surface area contributed by atoms with Crippen LogP contribution in [-0.2, 0) is 9.53 Å². The zero-order valence-electron chi connectivity index (χ0n) is 9.08. The summed E-state index contributed by atoms with van der Waals surface area (Å²) in [5.41, 5.74) is 0.433. The second-order valence-electron chi connectivity index (χ2n) is 3.56. The Morgan fingerprint density at radius 3 is 2.00 bits per heavy atom. The van der Waals surface area contributed by atoms with Gasteiger partial charge >= 0.3 is 64.3 Å². The van der Waals surface area contributed by atoms with Gasteiger partial charge in [0.2, 0.25) is 0 Å². The zero-order chi connectivity index (χ0) is 11.0. The molecule has 1 aliphatic carbocycles. The average Bonchev–Trinajstić information content (AvgIpc) is 2.18. The minimum atomic E-state index is -0.347. The van der Waals surface area contributed by atoms with E-state index in [0.29, 0.717) is 5.57 Å². The van der Waals surface area contributed by atoms with Crippen LogP contribution >= 0.6 is 0 Å². The Bertz CT molecular complexity index is 184. The maximum atomic E-state index is 10.2. The molecule has 1 saturated carbocycles. The van der Waals surface area contributed by atoms with Crippen molar-refractivity contribution < 1.29 is 9.53 Å². The first-order valence-electron chi connectivity index (χ1n) is 4.99. The molecule has 1 aliphatic rings. The van der Waals surface area contributed by atoms with E-state index in [4.69, 9.17) is 0 Å². The van der Waals surface area contributed by atoms with Crippen molar-refractivity contribution >= 4 is 28.3 Å². The van der Waals surface area contributed by atoms with Crippen molar-refractivity contribution in [3.8, 4) is 0 Å². The fraction of sp³-hybridized carbons (Fsp3) is 0.727. The molecule has 14 heavy (non-hydrogen) atoms. The molecule has 1 rings (SSSR count). The molecule has 0 spiro atoms. The van der Waals surface area contributed by atoms with Gasteiger partial charge in [0.15, 0.2) is 0 Å². The van der Waals surface area contributed by atoms with Gasteiger partial charge in [-0.15, -0.1) is 0 Å². The van der Waals surface area contributed by atoms with E-state index in [1.54, 1.807) is 6.92 Å². The fourth-order valence-electron chi connectivity index (χ4n) is 1.26. The van der Waals surface area contributed by atoms with E-state index in [-0.39, 0.29) is 5.97 Å². The van der Waals surface area contributed by atoms with E-state index >= 15 is 0 Å². The number of methoxy groups -OCH3 is 1. The van der Waals surface area contributed by atoms with Gasteiger partial charge in [0.05, 0.1) is 7.11 Å². The molecule has 1 fully saturated rings. The molecule has 0 aliphatic heterocycles. The van der Waals surface area contributed by atoms with Gasteiger partial charge in [-0.1, -0.05) is 6.58 Å². The minimum absolute atomic E-state index is 0.347. The van der Waals surface area contributed by atoms with Crippen LogP contribution in [0.25, 0.3) is 0 Å². The van der Waals surface area contributed by atoms with Crippen molar-refractivity contribution in [2.45, 2.75) is 43.0 Å². The third-order valence-corrected chi connectivity index (χ3v) is 3.58. The molecule has 82 valence electrons. The number of rotatable bonds is 1. The summed E-state index contributed by atoms with van der Waals surface area (Å²) in [7, 11) is 1.33. The number of carbonyl (C=O) groups is 1. The van der Waals surface area contributed by atoms with Crippen LogP contribution in [-0.4, -0.2) is 35.4 Å². The monoisotopic (exact) mass is 314 g/mol. The number of esters is 1. The molecule has 2 nitrogen and oxygen atoms in total. The van der Waals surface area contributed by atoms with Gasteiger partial charge in [-0.2, -0.15) is 0 Å². The molecule has 0 heterocycles. The number of carbonyl (C=O) groups excluding carboxylic acids is 1. The van der Waals surface area contributed by atoms with Crippen molar-refractivity contribution in [2.75, 3.05) is 7.11 Å². The molecule has 0 aromatic rings. The molecule has 0 unspecified atom stereocenters. The topological polar surface area (TPSA) is 26.3 Å². The first-order chi connectivity index (χ1) is 6.57. The van der Waals surface area contributed by atoms with Gasteiger partial charge in [0.1, 0.15) is 0 Å². The average molecular weight is 312 g/mol. The summed E-state index contributed by atoms with van der Waals surface area (Å²) in [5, 5.41) is 0. The molecular formula is C11H20O2Te. The molecular weight excluding hydrogens is 292 g/mol. The Hall–Kier alpha value is -0.000390. The van der Waals surface area contributed by atoms with E-state index in [1.165, 1.54) is 39.2 Å². The second-order valence-corrected chi connectivity index (χ2v) is 5.65. The number of hydrogen-bond donors (Lipinski definition) is 0. The van der Waals surface area contributed by atoms with E-state index < -0.39 is 0 Å². The third-order valence-electron chi connectivity index (χ3n) is 2.11. The molecule has 0 radical (unpaired) electrons. The van der Waals surface area contributed by atoms with Gasteiger partial charge in [-0.25, -0.2) is 4.79 Å². The SMILES string of the molecule is C=C(C)C(=O)OC.[TeH]C1CCCCC1. The van der Waals surface area contributed by atoms with Crippen LogP contribution in [0.2, 0.25) is 3.97 Å². The van der Waals surface area contributed by atoms with E-state index in [9.17, 15) is 4.79 Å². The predicted octanol–water partition coefficient (Wildman–Crippen LogP) is 2.38. The maximum absolute atomic E-state index is 10.2. The third kappa shape index (κ3) is 7.41. The summed E-state index contributed by atoms with van der Waals surface area (Å²) in [6, 6.07) is 0. The van der Waals surface area contributed by atoms with Crippen molar-refractivity contribution in [1.29, 1.82) is 0 Å². The quantitative estimate of drug-likeness (QED) is 0.422. The zero-order valence-corrected chi connectivity index (χ0v) is 11.6. The molecule has 0 aromatic heterocycles. The number of hydrogen-bond acceptors (Lipinski definition) is 2. The van der Waals surface area contributed by atoms with Crippen molar-refractivity contribution in [3.63, 3.8) is 0 Å². The van der Waals surface area contributed by atoms with Gasteiger partial charge in [0, 0.05) is 5.57 Å². The molecule has 3 heteroatoms. The molecule has 0 N–H and O–H groups in total. The second kappa shape index (κ2) is 8.32. The summed E-state index contributed by atoms with van der Waals surface area (Å²) in [6.07, 6.45) is 7.51. The first kappa shape index (κ1) is 14.0. The summed E-state index contributed by atoms with van der Waals surface area (Å²) in [5.74, 6) is -0.347. The molecule has 0 amide bonds. The van der Waals surface area contributed by atoms with Crippen LogP contribution in [0.3, 0.4) is 0 Å². The van der Waals surface area contributed by atoms with Crippen molar-refractivity contribution in [2.24, 2.45) is 0 Å². The molecule has 0 bridgehead atoms. The van der Waals surface area contributed by atoms with Crippen LogP contribution in [0.4, 0.5) is 0 Å². The Labute approximate surface area is 100.0 Å². The summed E-state index contributed by atoms with van der Waals surface area (Å²) in [4.78, 5) is 10.2. The van der Waals surface area contributed by atoms with E-state index in [0.717, 1.165) is 3.97 Å². The van der Waals surface area contributed by atoms with Crippen LogP contribution in [0.5, 0.6) is 0 Å². The predicted molar refractivity (Wildman–Crippen MR) is 60.8 cm³/mol. The summed E-state index contributed by atoms with van der Waals surface area (Å²) < 4.78 is 5.36. The van der Waals surface area contributed by atoms with Crippen LogP contribution in [0.15, 0.2) is 12.2 Å². The standard InChI is InChI=1S/C6H12Te.C5H8O2/c7-6-4-2-1-3-5-6;1-4(2)5(6)7-3/h6-7H,1-5H2;1H2,2-3H3. The van der Waals surface area contributed by atoms with Gasteiger partial charge in [0.25, 0.3) is 0 Å². The van der Waals surface area contributed by atoms with Crippen molar-refractivity contribution in [1.82, 2.24) is 0 Å². The first-order valence-corrected chi connectivity index (χ1v) is 6.47. The van der Waals surface area contributed by atoms with Crippen LogP contribution < -0.4 is 0 Å². The Morgan fingerprint density at radius 1 is 1.36 bits per heavy atom. The van der Waals surface area contributed by atoms with Crippen LogP contribution in [0.1, 0.15) is 39.0 Å². The van der Waals surface area contributed by atoms with E-state index in [2.05, 4.69) is 11.3 Å². The Balaban J connectivity index is 0.000000241. The molecule has 0 saturated heterocycles. The van der Waals surface area contributed by atoms with Gasteiger partial charge in [-0.3, -0.25) is 0 Å².